The molecule has 0 aliphatic carbocycles. The molecule has 0 bridgehead atoms. The number of methoxy groups -OCH3 is 2. The van der Waals surface area contributed by atoms with Crippen LogP contribution in [0.2, 0.25) is 4.34 Å². The van der Waals surface area contributed by atoms with E-state index >= 15 is 0 Å². The number of aliphatic imine (C=N–C) groups is 1. The monoisotopic (exact) mass is 467 g/mol. The third-order valence-electron chi connectivity index (χ3n) is 2.93. The lowest BCUT2D eigenvalue weighted by molar-refractivity contribution is 0.355. The highest BCUT2D eigenvalue weighted by atomic mass is 127. The highest BCUT2D eigenvalue weighted by molar-refractivity contribution is 14.0. The fraction of sp³-hybridized carbons (Fsp3) is 0.267. The number of hydrogen-bond donors (Lipinski definition) is 2. The molecule has 0 spiro atoms. The van der Waals surface area contributed by atoms with Crippen molar-refractivity contribution in [3.05, 3.63) is 39.5 Å². The largest absolute Gasteiger partial charge is 0.493 e. The van der Waals surface area contributed by atoms with Gasteiger partial charge < -0.3 is 20.5 Å². The van der Waals surface area contributed by atoms with Gasteiger partial charge >= 0.3 is 0 Å². The summed E-state index contributed by atoms with van der Waals surface area (Å²) >= 11 is 7.44. The van der Waals surface area contributed by atoms with E-state index in [1.165, 1.54) is 4.88 Å². The average Bonchev–Trinajstić information content (AvgIpc) is 2.92. The third-order valence-corrected chi connectivity index (χ3v) is 4.22. The molecule has 3 N–H and O–H groups in total. The van der Waals surface area contributed by atoms with Crippen molar-refractivity contribution in [1.82, 2.24) is 0 Å². The lowest BCUT2D eigenvalue weighted by Gasteiger charge is -2.10. The predicted octanol–water partition coefficient (Wildman–Crippen LogP) is 4.01. The van der Waals surface area contributed by atoms with Crippen molar-refractivity contribution < 1.29 is 9.47 Å². The number of nitrogens with zero attached hydrogens (tertiary/aromatic N) is 1. The summed E-state index contributed by atoms with van der Waals surface area (Å²) in [5, 5.41) is 3.03. The van der Waals surface area contributed by atoms with Crippen molar-refractivity contribution >= 4 is 58.6 Å². The van der Waals surface area contributed by atoms with Crippen LogP contribution in [0, 0.1) is 0 Å². The summed E-state index contributed by atoms with van der Waals surface area (Å²) in [5.74, 6) is 1.65. The minimum absolute atomic E-state index is 0. The van der Waals surface area contributed by atoms with Crippen molar-refractivity contribution in [3.8, 4) is 11.5 Å². The van der Waals surface area contributed by atoms with Crippen LogP contribution in [0.3, 0.4) is 0 Å². The Kier molecular flexibility index (Phi) is 8.49. The smallest absolute Gasteiger partial charge is 0.193 e. The highest BCUT2D eigenvalue weighted by Crippen LogP contribution is 2.29. The molecule has 1 aromatic heterocycles. The Morgan fingerprint density at radius 1 is 1.22 bits per heavy atom. The average molecular weight is 468 g/mol. The first kappa shape index (κ1) is 19.9. The number of anilines is 1. The van der Waals surface area contributed by atoms with E-state index in [4.69, 9.17) is 26.8 Å². The Hall–Kier alpha value is -1.19. The van der Waals surface area contributed by atoms with Crippen molar-refractivity contribution in [2.75, 3.05) is 26.1 Å². The molecule has 1 aromatic carbocycles. The number of hydrogen-bond acceptors (Lipinski definition) is 4. The molecule has 0 amide bonds. The topological polar surface area (TPSA) is 68.9 Å². The zero-order valence-electron chi connectivity index (χ0n) is 12.8. The number of ether oxygens (including phenoxy) is 2. The summed E-state index contributed by atoms with van der Waals surface area (Å²) in [6.07, 6.45) is 0.811. The molecule has 0 saturated carbocycles. The zero-order valence-corrected chi connectivity index (χ0v) is 16.7. The lowest BCUT2D eigenvalue weighted by atomic mass is 10.3. The minimum atomic E-state index is 0. The van der Waals surface area contributed by atoms with Gasteiger partial charge in [0.25, 0.3) is 0 Å². The first-order valence-electron chi connectivity index (χ1n) is 6.65. The van der Waals surface area contributed by atoms with Gasteiger partial charge in [-0.2, -0.15) is 0 Å². The zero-order chi connectivity index (χ0) is 15.9. The molecular weight excluding hydrogens is 449 g/mol. The molecule has 23 heavy (non-hydrogen) atoms. The molecule has 0 radical (unpaired) electrons. The van der Waals surface area contributed by atoms with E-state index in [1.807, 2.05) is 24.3 Å². The lowest BCUT2D eigenvalue weighted by Crippen LogP contribution is -2.23. The quantitative estimate of drug-likeness (QED) is 0.383. The van der Waals surface area contributed by atoms with E-state index in [2.05, 4.69) is 10.3 Å². The standard InChI is InChI=1S/C15H18ClN3O2S.HI/c1-20-12-5-3-10(9-13(12)21-2)19-15(17)18-8-7-11-4-6-14(16)22-11;/h3-6,9H,7-8H2,1-2H3,(H3,17,18,19);1H. The Bertz CT molecular complexity index is 664. The van der Waals surface area contributed by atoms with E-state index in [9.17, 15) is 0 Å². The molecule has 0 unspecified atom stereocenters. The number of benzene rings is 1. The summed E-state index contributed by atoms with van der Waals surface area (Å²) in [6, 6.07) is 9.35. The normalized spacial score (nSPS) is 10.8. The Morgan fingerprint density at radius 2 is 1.96 bits per heavy atom. The van der Waals surface area contributed by atoms with Crippen LogP contribution in [-0.4, -0.2) is 26.7 Å². The van der Waals surface area contributed by atoms with Crippen LogP contribution in [0.1, 0.15) is 4.88 Å². The maximum atomic E-state index is 5.89. The summed E-state index contributed by atoms with van der Waals surface area (Å²) in [6.45, 7) is 0.600. The fourth-order valence-corrected chi connectivity index (χ4v) is 2.95. The number of nitrogens with one attached hydrogen (secondary N) is 1. The molecule has 0 saturated heterocycles. The number of rotatable bonds is 6. The van der Waals surface area contributed by atoms with Crippen LogP contribution >= 0.6 is 46.9 Å². The van der Waals surface area contributed by atoms with Crippen molar-refractivity contribution in [2.45, 2.75) is 6.42 Å². The Labute approximate surface area is 161 Å². The summed E-state index contributed by atoms with van der Waals surface area (Å²) in [7, 11) is 3.18. The Balaban J connectivity index is 0.00000264. The van der Waals surface area contributed by atoms with Crippen LogP contribution in [-0.2, 0) is 6.42 Å². The van der Waals surface area contributed by atoms with Gasteiger partial charge in [-0.25, -0.2) is 0 Å². The highest BCUT2D eigenvalue weighted by Gasteiger charge is 2.05. The molecule has 0 fully saturated rings. The van der Waals surface area contributed by atoms with Gasteiger partial charge in [0.15, 0.2) is 17.5 Å². The van der Waals surface area contributed by atoms with Crippen LogP contribution in [0.15, 0.2) is 35.3 Å². The SMILES string of the molecule is COc1ccc(NC(N)=NCCc2ccc(Cl)s2)cc1OC.I. The van der Waals surface area contributed by atoms with Gasteiger partial charge in [-0.1, -0.05) is 11.6 Å². The van der Waals surface area contributed by atoms with Crippen molar-refractivity contribution in [2.24, 2.45) is 10.7 Å². The number of guanidine groups is 1. The predicted molar refractivity (Wildman–Crippen MR) is 108 cm³/mol. The number of nitrogens with two attached hydrogens (primary N) is 1. The van der Waals surface area contributed by atoms with Crippen LogP contribution < -0.4 is 20.5 Å². The van der Waals surface area contributed by atoms with Gasteiger partial charge in [-0.15, -0.1) is 35.3 Å². The molecule has 0 aliphatic rings. The first-order chi connectivity index (χ1) is 10.6. The molecule has 0 aliphatic heterocycles. The van der Waals surface area contributed by atoms with Crippen molar-refractivity contribution in [3.63, 3.8) is 0 Å². The van der Waals surface area contributed by atoms with Crippen LogP contribution in [0.5, 0.6) is 11.5 Å². The number of thiophene rings is 1. The van der Waals surface area contributed by atoms with Gasteiger partial charge in [0.1, 0.15) is 0 Å². The molecule has 5 nitrogen and oxygen atoms in total. The second-order valence-electron chi connectivity index (χ2n) is 4.42. The number of halogens is 2. The van der Waals surface area contributed by atoms with E-state index in [-0.39, 0.29) is 24.0 Å². The summed E-state index contributed by atoms with van der Waals surface area (Å²) in [5.41, 5.74) is 6.67. The second-order valence-corrected chi connectivity index (χ2v) is 6.22. The molecule has 2 rings (SSSR count). The maximum Gasteiger partial charge on any atom is 0.193 e. The van der Waals surface area contributed by atoms with Crippen LogP contribution in [0.4, 0.5) is 5.69 Å². The van der Waals surface area contributed by atoms with Crippen LogP contribution in [0.25, 0.3) is 0 Å². The molecule has 8 heteroatoms. The first-order valence-corrected chi connectivity index (χ1v) is 7.85. The molecule has 126 valence electrons. The van der Waals surface area contributed by atoms with Gasteiger partial charge in [-0.3, -0.25) is 4.99 Å². The van der Waals surface area contributed by atoms with Gasteiger partial charge in [0, 0.05) is 29.6 Å². The summed E-state index contributed by atoms with van der Waals surface area (Å²) in [4.78, 5) is 5.48. The molecule has 2 aromatic rings. The maximum absolute atomic E-state index is 5.89. The molecule has 1 heterocycles. The van der Waals surface area contributed by atoms with E-state index < -0.39 is 0 Å². The van der Waals surface area contributed by atoms with E-state index in [0.717, 1.165) is 16.4 Å². The molecular formula is C15H19ClIN3O2S. The molecule has 0 atom stereocenters. The minimum Gasteiger partial charge on any atom is -0.493 e. The van der Waals surface area contributed by atoms with Gasteiger partial charge in [0.05, 0.1) is 18.6 Å². The second kappa shape index (κ2) is 9.84. The Morgan fingerprint density at radius 3 is 2.57 bits per heavy atom. The third kappa shape index (κ3) is 6.08. The van der Waals surface area contributed by atoms with Gasteiger partial charge in [0.2, 0.25) is 0 Å². The van der Waals surface area contributed by atoms with Crippen molar-refractivity contribution in [1.29, 1.82) is 0 Å². The van der Waals surface area contributed by atoms with E-state index in [1.54, 1.807) is 31.6 Å². The van der Waals surface area contributed by atoms with E-state index in [0.29, 0.717) is 24.0 Å². The fourth-order valence-electron chi connectivity index (χ4n) is 1.87. The van der Waals surface area contributed by atoms with Gasteiger partial charge in [-0.05, 0) is 24.3 Å². The summed E-state index contributed by atoms with van der Waals surface area (Å²) < 4.78 is 11.2.